The molecule has 0 saturated heterocycles. The van der Waals surface area contributed by atoms with Gasteiger partial charge in [-0.15, -0.1) is 11.8 Å². The van der Waals surface area contributed by atoms with Crippen molar-refractivity contribution >= 4 is 61.7 Å². The van der Waals surface area contributed by atoms with Crippen LogP contribution in [-0.2, 0) is 24.2 Å². The summed E-state index contributed by atoms with van der Waals surface area (Å²) in [6.07, 6.45) is -9.40. The van der Waals surface area contributed by atoms with Crippen molar-refractivity contribution in [3.8, 4) is 11.1 Å². The van der Waals surface area contributed by atoms with Crippen LogP contribution in [0.4, 0.5) is 39.5 Å². The molecule has 13 nitrogen and oxygen atoms in total. The number of sulfone groups is 1. The number of thioether (sulfide) groups is 1. The van der Waals surface area contributed by atoms with Gasteiger partial charge in [0, 0.05) is 70.8 Å². The van der Waals surface area contributed by atoms with E-state index < -0.39 is 46.3 Å². The Morgan fingerprint density at radius 1 is 0.873 bits per heavy atom. The number of carbonyl (C=O) groups is 3. The first-order chi connectivity index (χ1) is 25.2. The fraction of sp³-hybridized carbons (Fsp3) is 0.267. The summed E-state index contributed by atoms with van der Waals surface area (Å²) in [6, 6.07) is 13.2. The number of hydrazone groups is 1. The molecule has 0 amide bonds. The molecule has 25 heteroatoms. The number of hydrogen-bond acceptors (Lipinski definition) is 11. The Bertz CT molecular complexity index is 1990. The van der Waals surface area contributed by atoms with Crippen LogP contribution >= 0.6 is 23.4 Å². The number of nitrogens with zero attached hydrogens (tertiary/aromatic N) is 4. The zero-order valence-corrected chi connectivity index (χ0v) is 29.9. The topological polar surface area (TPSA) is 199 Å². The van der Waals surface area contributed by atoms with Gasteiger partial charge in [-0.1, -0.05) is 29.8 Å². The number of aromatic nitrogens is 2. The number of halogens is 10. The lowest BCUT2D eigenvalue weighted by Gasteiger charge is -2.21. The number of pyridine rings is 2. The van der Waals surface area contributed by atoms with Crippen molar-refractivity contribution in [1.29, 1.82) is 0 Å². The summed E-state index contributed by atoms with van der Waals surface area (Å²) in [6.45, 7) is 0.831. The summed E-state index contributed by atoms with van der Waals surface area (Å²) in [5.74, 6) is -7.38. The second-order valence-electron chi connectivity index (χ2n) is 10.5. The molecule has 3 aromatic rings. The largest absolute Gasteiger partial charge is 0.490 e. The molecule has 0 aliphatic carbocycles. The Kier molecular flexibility index (Phi) is 15.6. The summed E-state index contributed by atoms with van der Waals surface area (Å²) in [5, 5.41) is 32.2. The molecule has 1 unspecified atom stereocenters. The SMILES string of the molecule is CN1N=C(c2ccccn2)C2=C(c3ccc(-c4cncc(S(C)(=O)=O)c4)cc3Cl)SCCNC21.O=C(O)C(F)(F)F.O=C(O)C(F)(F)F.O=C(O)C(F)(F)F. The van der Waals surface area contributed by atoms with Gasteiger partial charge < -0.3 is 15.3 Å². The fourth-order valence-electron chi connectivity index (χ4n) is 4.05. The van der Waals surface area contributed by atoms with Crippen LogP contribution in [0.15, 0.2) is 76.6 Å². The van der Waals surface area contributed by atoms with Crippen molar-refractivity contribution in [2.45, 2.75) is 29.6 Å². The van der Waals surface area contributed by atoms with E-state index in [0.717, 1.165) is 45.3 Å². The molecule has 0 saturated carbocycles. The lowest BCUT2D eigenvalue weighted by atomic mass is 9.99. The number of nitrogens with one attached hydrogen (secondary N) is 1. The molecular formula is C30H25ClF9N5O8S2. The highest BCUT2D eigenvalue weighted by Gasteiger charge is 2.40. The molecule has 4 heterocycles. The van der Waals surface area contributed by atoms with Crippen molar-refractivity contribution in [3.63, 3.8) is 0 Å². The van der Waals surface area contributed by atoms with Crippen molar-refractivity contribution in [1.82, 2.24) is 20.3 Å². The summed E-state index contributed by atoms with van der Waals surface area (Å²) >= 11 is 8.58. The standard InChI is InChI=1S/C24H22ClN5O2S2.3C2HF3O2/c1-30-24-21(22(29-30)20-5-3-4-8-27-20)23(33-10-9-28-24)18-7-6-15(12-19(18)25)16-11-17(14-26-13-16)34(2,31)32;3*3-2(4,5)1(6)7/h3-8,11-14,24,28H,9-10H2,1-2H3;3*(H,6,7). The van der Waals surface area contributed by atoms with Crippen LogP contribution in [0.1, 0.15) is 11.3 Å². The lowest BCUT2D eigenvalue weighted by molar-refractivity contribution is -0.193. The van der Waals surface area contributed by atoms with E-state index in [2.05, 4.69) is 15.3 Å². The Morgan fingerprint density at radius 2 is 1.42 bits per heavy atom. The lowest BCUT2D eigenvalue weighted by Crippen LogP contribution is -2.40. The first-order valence-corrected chi connectivity index (χ1v) is 17.6. The van der Waals surface area contributed by atoms with Crippen molar-refractivity contribution in [2.24, 2.45) is 5.10 Å². The van der Waals surface area contributed by atoms with Gasteiger partial charge in [0.25, 0.3) is 0 Å². The molecular weight excluding hydrogens is 829 g/mol. The van der Waals surface area contributed by atoms with Gasteiger partial charge in [0.15, 0.2) is 9.84 Å². The van der Waals surface area contributed by atoms with Crippen LogP contribution in [0, 0.1) is 0 Å². The van der Waals surface area contributed by atoms with E-state index in [1.54, 1.807) is 30.2 Å². The predicted molar refractivity (Wildman–Crippen MR) is 179 cm³/mol. The van der Waals surface area contributed by atoms with Gasteiger partial charge >= 0.3 is 36.4 Å². The summed E-state index contributed by atoms with van der Waals surface area (Å²) in [4.78, 5) is 36.6. The number of alkyl halides is 9. The van der Waals surface area contributed by atoms with Crippen molar-refractivity contribution in [3.05, 3.63) is 82.9 Å². The molecule has 2 aromatic heterocycles. The highest BCUT2D eigenvalue weighted by Crippen LogP contribution is 2.42. The number of likely N-dealkylation sites (N-methyl/N-ethyl adjacent to an activating group) is 1. The fourth-order valence-corrected chi connectivity index (χ4v) is 6.10. The zero-order chi connectivity index (χ0) is 42.1. The van der Waals surface area contributed by atoms with Gasteiger partial charge in [-0.2, -0.15) is 44.6 Å². The minimum atomic E-state index is -5.08. The molecule has 0 radical (unpaired) electrons. The van der Waals surface area contributed by atoms with E-state index in [0.29, 0.717) is 10.6 Å². The molecule has 0 fully saturated rings. The zero-order valence-electron chi connectivity index (χ0n) is 27.5. The first kappa shape index (κ1) is 46.2. The van der Waals surface area contributed by atoms with Gasteiger partial charge in [-0.05, 0) is 29.8 Å². The van der Waals surface area contributed by atoms with Crippen LogP contribution in [0.3, 0.4) is 0 Å². The number of carboxylic acid groups (broad SMARTS) is 3. The van der Waals surface area contributed by atoms with E-state index in [-0.39, 0.29) is 11.1 Å². The van der Waals surface area contributed by atoms with E-state index in [4.69, 9.17) is 46.4 Å². The third kappa shape index (κ3) is 13.7. The van der Waals surface area contributed by atoms with Crippen LogP contribution in [0.25, 0.3) is 16.0 Å². The highest BCUT2D eigenvalue weighted by molar-refractivity contribution is 8.08. The van der Waals surface area contributed by atoms with Gasteiger partial charge in [-0.3, -0.25) is 20.3 Å². The average molecular weight is 854 g/mol. The van der Waals surface area contributed by atoms with E-state index >= 15 is 0 Å². The first-order valence-electron chi connectivity index (χ1n) is 14.4. The molecule has 0 spiro atoms. The number of benzene rings is 1. The molecule has 55 heavy (non-hydrogen) atoms. The molecule has 5 rings (SSSR count). The highest BCUT2D eigenvalue weighted by atomic mass is 35.5. The second-order valence-corrected chi connectivity index (χ2v) is 14.0. The van der Waals surface area contributed by atoms with Crippen LogP contribution in [0.2, 0.25) is 5.02 Å². The normalized spacial score (nSPS) is 15.7. The minimum absolute atomic E-state index is 0.0756. The second kappa shape index (κ2) is 18.6. The Hall–Kier alpha value is -4.94. The maximum absolute atomic E-state index is 12.0. The van der Waals surface area contributed by atoms with Crippen LogP contribution in [-0.4, -0.2) is 113 Å². The van der Waals surface area contributed by atoms with Gasteiger partial charge in [0.05, 0.1) is 10.6 Å². The summed E-state index contributed by atoms with van der Waals surface area (Å²) < 4.78 is 119. The molecule has 1 atom stereocenters. The smallest absolute Gasteiger partial charge is 0.475 e. The number of fused-ring (bicyclic) bond motifs is 1. The third-order valence-corrected chi connectivity index (χ3v) is 8.94. The van der Waals surface area contributed by atoms with E-state index in [1.165, 1.54) is 12.5 Å². The summed E-state index contributed by atoms with van der Waals surface area (Å²) in [7, 11) is -1.41. The van der Waals surface area contributed by atoms with Crippen LogP contribution in [0.5, 0.6) is 0 Å². The minimum Gasteiger partial charge on any atom is -0.475 e. The number of rotatable bonds is 4. The third-order valence-electron chi connectivity index (χ3n) is 6.41. The monoisotopic (exact) mass is 853 g/mol. The molecule has 300 valence electrons. The van der Waals surface area contributed by atoms with Crippen molar-refractivity contribution in [2.75, 3.05) is 25.6 Å². The number of aliphatic carboxylic acids is 3. The van der Waals surface area contributed by atoms with Gasteiger partial charge in [0.1, 0.15) is 11.9 Å². The van der Waals surface area contributed by atoms with E-state index in [1.807, 2.05) is 48.5 Å². The maximum Gasteiger partial charge on any atom is 0.490 e. The molecule has 2 aliphatic heterocycles. The Balaban J connectivity index is 0.000000408. The Labute approximate surface area is 313 Å². The van der Waals surface area contributed by atoms with Gasteiger partial charge in [0.2, 0.25) is 0 Å². The van der Waals surface area contributed by atoms with Crippen molar-refractivity contribution < 1.29 is 77.6 Å². The molecule has 4 N–H and O–H groups in total. The maximum atomic E-state index is 12.0. The summed E-state index contributed by atoms with van der Waals surface area (Å²) in [5.41, 5.74) is 5.09. The average Bonchev–Trinajstić information content (AvgIpc) is 3.24. The quantitative estimate of drug-likeness (QED) is 0.229. The number of hydrogen-bond donors (Lipinski definition) is 4. The molecule has 2 aliphatic rings. The van der Waals surface area contributed by atoms with Gasteiger partial charge in [-0.25, -0.2) is 22.8 Å². The van der Waals surface area contributed by atoms with Crippen LogP contribution < -0.4 is 5.32 Å². The van der Waals surface area contributed by atoms with E-state index in [9.17, 15) is 47.9 Å². The molecule has 0 bridgehead atoms. The molecule has 1 aromatic carbocycles. The Morgan fingerprint density at radius 3 is 1.87 bits per heavy atom. The number of carboxylic acids is 3. The predicted octanol–water partition coefficient (Wildman–Crippen LogP) is 5.82.